The molecule has 0 amide bonds. The second-order valence-corrected chi connectivity index (χ2v) is 6.11. The van der Waals surface area contributed by atoms with Gasteiger partial charge in [-0.25, -0.2) is 0 Å². The molecule has 0 N–H and O–H groups in total. The summed E-state index contributed by atoms with van der Waals surface area (Å²) in [5, 5.41) is 0. The topological polar surface area (TPSA) is 47.9 Å². The van der Waals surface area contributed by atoms with E-state index in [9.17, 15) is 4.79 Å². The van der Waals surface area contributed by atoms with Crippen molar-refractivity contribution in [2.45, 2.75) is 57.5 Å². The Morgan fingerprint density at radius 2 is 1.91 bits per heavy atom. The van der Waals surface area contributed by atoms with Crippen LogP contribution in [0.1, 0.15) is 51.4 Å². The van der Waals surface area contributed by atoms with Crippen LogP contribution in [0.15, 0.2) is 23.2 Å². The number of nitrogens with zero attached hydrogens (tertiary/aromatic N) is 1. The zero-order chi connectivity index (χ0) is 15.4. The number of rotatable bonds is 4. The van der Waals surface area contributed by atoms with E-state index in [1.165, 1.54) is 19.3 Å². The Balaban J connectivity index is 1.78. The average molecular weight is 301 g/mol. The fourth-order valence-electron chi connectivity index (χ4n) is 3.16. The Labute approximate surface area is 131 Å². The number of methoxy groups -OCH3 is 1. The summed E-state index contributed by atoms with van der Waals surface area (Å²) in [7, 11) is 1.66. The fourth-order valence-corrected chi connectivity index (χ4v) is 3.16. The molecule has 2 fully saturated rings. The third-order valence-corrected chi connectivity index (χ3v) is 4.37. The van der Waals surface area contributed by atoms with Crippen molar-refractivity contribution in [1.82, 2.24) is 0 Å². The van der Waals surface area contributed by atoms with Crippen molar-refractivity contribution in [2.75, 3.05) is 7.11 Å². The number of benzene rings is 1. The summed E-state index contributed by atoms with van der Waals surface area (Å²) in [6, 6.07) is 5.75. The minimum absolute atomic E-state index is 0.276. The molecule has 2 aliphatic rings. The first-order chi connectivity index (χ1) is 10.7. The molecule has 0 spiro atoms. The summed E-state index contributed by atoms with van der Waals surface area (Å²) in [6.07, 6.45) is 8.16. The molecule has 0 bridgehead atoms. The molecule has 2 aliphatic carbocycles. The standard InChI is InChI=1S/C18H23NO3/c1-21-17-10-8-14(19-13-7-9-15(20)11-13)12-18(17)22-16-5-3-2-4-6-16/h8,10,12,16H,2-7,9,11H2,1H3. The Kier molecular flexibility index (Phi) is 4.76. The van der Waals surface area contributed by atoms with E-state index < -0.39 is 0 Å². The maximum atomic E-state index is 11.3. The van der Waals surface area contributed by atoms with Gasteiger partial charge in [-0.15, -0.1) is 0 Å². The van der Waals surface area contributed by atoms with Gasteiger partial charge >= 0.3 is 0 Å². The van der Waals surface area contributed by atoms with E-state index in [0.717, 1.165) is 42.2 Å². The third kappa shape index (κ3) is 3.67. The molecule has 3 rings (SSSR count). The van der Waals surface area contributed by atoms with Crippen molar-refractivity contribution < 1.29 is 14.3 Å². The molecule has 0 atom stereocenters. The van der Waals surface area contributed by atoms with Crippen LogP contribution in [0.5, 0.6) is 11.5 Å². The number of carbonyl (C=O) groups is 1. The van der Waals surface area contributed by atoms with Gasteiger partial charge in [0.25, 0.3) is 0 Å². The van der Waals surface area contributed by atoms with Crippen LogP contribution in [0.4, 0.5) is 5.69 Å². The molecule has 0 aliphatic heterocycles. The molecule has 0 saturated heterocycles. The van der Waals surface area contributed by atoms with Gasteiger partial charge in [0, 0.05) is 24.6 Å². The third-order valence-electron chi connectivity index (χ3n) is 4.37. The van der Waals surface area contributed by atoms with Crippen LogP contribution in [0.25, 0.3) is 0 Å². The zero-order valence-electron chi connectivity index (χ0n) is 13.1. The highest BCUT2D eigenvalue weighted by Crippen LogP contribution is 2.35. The van der Waals surface area contributed by atoms with Gasteiger partial charge in [-0.1, -0.05) is 6.42 Å². The maximum Gasteiger partial charge on any atom is 0.163 e. The van der Waals surface area contributed by atoms with Crippen molar-refractivity contribution >= 4 is 17.2 Å². The van der Waals surface area contributed by atoms with E-state index >= 15 is 0 Å². The molecule has 1 aromatic rings. The minimum atomic E-state index is 0.276. The number of ketones is 1. The number of aliphatic imine (C=N–C) groups is 1. The van der Waals surface area contributed by atoms with Crippen molar-refractivity contribution in [3.05, 3.63) is 18.2 Å². The molecule has 118 valence electrons. The van der Waals surface area contributed by atoms with E-state index in [2.05, 4.69) is 4.99 Å². The number of carbonyl (C=O) groups excluding carboxylic acids is 1. The lowest BCUT2D eigenvalue weighted by atomic mass is 9.98. The lowest BCUT2D eigenvalue weighted by molar-refractivity contribution is -0.116. The Morgan fingerprint density at radius 3 is 2.59 bits per heavy atom. The van der Waals surface area contributed by atoms with Gasteiger partial charge in [-0.3, -0.25) is 9.79 Å². The SMILES string of the molecule is COc1ccc(N=C2CCC(=O)C2)cc1OC1CCCCC1. The molecule has 22 heavy (non-hydrogen) atoms. The Hall–Kier alpha value is -1.84. The van der Waals surface area contributed by atoms with Gasteiger partial charge in [0.15, 0.2) is 11.5 Å². The molecule has 2 saturated carbocycles. The smallest absolute Gasteiger partial charge is 0.163 e. The summed E-state index contributed by atoms with van der Waals surface area (Å²) in [5.74, 6) is 1.79. The molecule has 0 heterocycles. The Morgan fingerprint density at radius 1 is 1.09 bits per heavy atom. The largest absolute Gasteiger partial charge is 0.493 e. The van der Waals surface area contributed by atoms with Crippen molar-refractivity contribution in [3.8, 4) is 11.5 Å². The van der Waals surface area contributed by atoms with Crippen LogP contribution in [-0.2, 0) is 4.79 Å². The quantitative estimate of drug-likeness (QED) is 0.836. The number of hydrogen-bond acceptors (Lipinski definition) is 4. The van der Waals surface area contributed by atoms with Gasteiger partial charge in [-0.2, -0.15) is 0 Å². The summed E-state index contributed by atoms with van der Waals surface area (Å²) >= 11 is 0. The second-order valence-electron chi connectivity index (χ2n) is 6.11. The van der Waals surface area contributed by atoms with Crippen LogP contribution in [0.2, 0.25) is 0 Å². The van der Waals surface area contributed by atoms with Gasteiger partial charge in [0.2, 0.25) is 0 Å². The number of ether oxygens (including phenoxy) is 2. The molecule has 1 aromatic carbocycles. The van der Waals surface area contributed by atoms with Gasteiger partial charge in [-0.05, 0) is 44.2 Å². The van der Waals surface area contributed by atoms with Crippen molar-refractivity contribution in [3.63, 3.8) is 0 Å². The van der Waals surface area contributed by atoms with Crippen molar-refractivity contribution in [1.29, 1.82) is 0 Å². The fraction of sp³-hybridized carbons (Fsp3) is 0.556. The van der Waals surface area contributed by atoms with Gasteiger partial charge < -0.3 is 9.47 Å². The molecule has 4 nitrogen and oxygen atoms in total. The lowest BCUT2D eigenvalue weighted by Crippen LogP contribution is -2.19. The van der Waals surface area contributed by atoms with E-state index in [1.807, 2.05) is 18.2 Å². The second kappa shape index (κ2) is 6.95. The van der Waals surface area contributed by atoms with Crippen LogP contribution < -0.4 is 9.47 Å². The highest BCUT2D eigenvalue weighted by Gasteiger charge is 2.19. The summed E-state index contributed by atoms with van der Waals surface area (Å²) in [5.41, 5.74) is 1.81. The molecule has 0 unspecified atom stereocenters. The normalized spacial score (nSPS) is 21.3. The monoisotopic (exact) mass is 301 g/mol. The average Bonchev–Trinajstić information content (AvgIpc) is 2.94. The first-order valence-corrected chi connectivity index (χ1v) is 8.17. The molecule has 0 aromatic heterocycles. The van der Waals surface area contributed by atoms with Gasteiger partial charge in [0.1, 0.15) is 5.78 Å². The van der Waals surface area contributed by atoms with E-state index in [0.29, 0.717) is 12.8 Å². The predicted octanol–water partition coefficient (Wildman–Crippen LogP) is 4.23. The van der Waals surface area contributed by atoms with Crippen LogP contribution in [0.3, 0.4) is 0 Å². The highest BCUT2D eigenvalue weighted by atomic mass is 16.5. The van der Waals surface area contributed by atoms with Crippen LogP contribution in [0, 0.1) is 0 Å². The molecule has 4 heteroatoms. The van der Waals surface area contributed by atoms with Crippen LogP contribution in [-0.4, -0.2) is 24.7 Å². The first-order valence-electron chi connectivity index (χ1n) is 8.17. The van der Waals surface area contributed by atoms with Crippen LogP contribution >= 0.6 is 0 Å². The van der Waals surface area contributed by atoms with E-state index in [-0.39, 0.29) is 11.9 Å². The predicted molar refractivity (Wildman–Crippen MR) is 86.4 cm³/mol. The molecular weight excluding hydrogens is 278 g/mol. The van der Waals surface area contributed by atoms with E-state index in [4.69, 9.17) is 9.47 Å². The van der Waals surface area contributed by atoms with Gasteiger partial charge in [0.05, 0.1) is 18.9 Å². The minimum Gasteiger partial charge on any atom is -0.493 e. The number of Topliss-reactive ketones (excluding diaryl/α,β-unsaturated/α-hetero) is 1. The highest BCUT2D eigenvalue weighted by molar-refractivity contribution is 6.09. The Bertz CT molecular complexity index is 574. The zero-order valence-corrected chi connectivity index (χ0v) is 13.1. The number of hydrogen-bond donors (Lipinski definition) is 0. The van der Waals surface area contributed by atoms with E-state index in [1.54, 1.807) is 7.11 Å². The lowest BCUT2D eigenvalue weighted by Gasteiger charge is -2.24. The summed E-state index contributed by atoms with van der Waals surface area (Å²) in [4.78, 5) is 15.9. The maximum absolute atomic E-state index is 11.3. The van der Waals surface area contributed by atoms with Crippen molar-refractivity contribution in [2.24, 2.45) is 4.99 Å². The first kappa shape index (κ1) is 15.1. The summed E-state index contributed by atoms with van der Waals surface area (Å²) < 4.78 is 11.5. The molecule has 0 radical (unpaired) electrons. The summed E-state index contributed by atoms with van der Waals surface area (Å²) in [6.45, 7) is 0. The molecular formula is C18H23NO3.